The first kappa shape index (κ1) is 17.5. The summed E-state index contributed by atoms with van der Waals surface area (Å²) in [7, 11) is 1.62. The molecule has 2 rings (SSSR count). The Balaban J connectivity index is 1.79. The minimum absolute atomic E-state index is 0.0106. The topological polar surface area (TPSA) is 66.5 Å². The molecule has 1 fully saturated rings. The van der Waals surface area contributed by atoms with Gasteiger partial charge >= 0.3 is 6.03 Å². The molecule has 128 valence electrons. The molecule has 1 aliphatic heterocycles. The quantitative estimate of drug-likeness (QED) is 0.844. The zero-order valence-corrected chi connectivity index (χ0v) is 14.2. The summed E-state index contributed by atoms with van der Waals surface area (Å²) >= 11 is 0. The molecule has 0 saturated carbocycles. The van der Waals surface area contributed by atoms with E-state index in [0.29, 0.717) is 13.2 Å². The number of urea groups is 1. The number of hydrogen-bond donors (Lipinski definition) is 2. The fourth-order valence-electron chi connectivity index (χ4n) is 2.76. The van der Waals surface area contributed by atoms with Crippen LogP contribution < -0.4 is 15.5 Å². The fourth-order valence-corrected chi connectivity index (χ4v) is 2.76. The van der Waals surface area contributed by atoms with Gasteiger partial charge in [0.25, 0.3) is 0 Å². The molecular weight excluding hydrogens is 292 g/mol. The summed E-state index contributed by atoms with van der Waals surface area (Å²) in [6.45, 7) is 5.05. The van der Waals surface area contributed by atoms with E-state index in [0.717, 1.165) is 24.5 Å². The minimum Gasteiger partial charge on any atom is -0.383 e. The van der Waals surface area contributed by atoms with Crippen LogP contribution in [-0.4, -0.2) is 43.9 Å². The van der Waals surface area contributed by atoms with Crippen molar-refractivity contribution in [2.24, 2.45) is 0 Å². The second kappa shape index (κ2) is 9.35. The smallest absolute Gasteiger partial charge is 0.315 e. The van der Waals surface area contributed by atoms with Crippen LogP contribution in [0.3, 0.4) is 0 Å². The molecular formula is C17H28N4O2. The molecule has 1 atom stereocenters. The van der Waals surface area contributed by atoms with Crippen LogP contribution in [-0.2, 0) is 11.3 Å². The van der Waals surface area contributed by atoms with Gasteiger partial charge in [-0.2, -0.15) is 0 Å². The molecule has 2 heterocycles. The van der Waals surface area contributed by atoms with Gasteiger partial charge in [0.15, 0.2) is 0 Å². The van der Waals surface area contributed by atoms with E-state index >= 15 is 0 Å². The van der Waals surface area contributed by atoms with Crippen LogP contribution in [0.4, 0.5) is 10.6 Å². The van der Waals surface area contributed by atoms with E-state index in [4.69, 9.17) is 4.74 Å². The molecule has 0 unspecified atom stereocenters. The number of nitrogens with one attached hydrogen (secondary N) is 2. The highest BCUT2D eigenvalue weighted by atomic mass is 16.5. The second-order valence-corrected chi connectivity index (χ2v) is 6.11. The largest absolute Gasteiger partial charge is 0.383 e. The molecule has 2 amide bonds. The van der Waals surface area contributed by atoms with E-state index in [2.05, 4.69) is 20.5 Å². The van der Waals surface area contributed by atoms with Gasteiger partial charge in [0.05, 0.1) is 12.6 Å². The standard InChI is InChI=1S/C17H28N4O2/c1-14(13-23-2)20-17(22)19-12-15-7-8-16(18-11-15)21-9-5-3-4-6-10-21/h7-8,11,14H,3-6,9-10,12-13H2,1-2H3,(H2,19,20,22)/t14-/m0/s1. The maximum absolute atomic E-state index is 11.7. The Morgan fingerprint density at radius 1 is 1.30 bits per heavy atom. The molecule has 0 spiro atoms. The maximum Gasteiger partial charge on any atom is 0.315 e. The van der Waals surface area contributed by atoms with E-state index in [1.54, 1.807) is 7.11 Å². The van der Waals surface area contributed by atoms with E-state index in [1.807, 2.05) is 25.3 Å². The van der Waals surface area contributed by atoms with Crippen LogP contribution in [0.25, 0.3) is 0 Å². The molecule has 1 aliphatic rings. The van der Waals surface area contributed by atoms with Crippen molar-refractivity contribution in [1.82, 2.24) is 15.6 Å². The van der Waals surface area contributed by atoms with Gasteiger partial charge in [-0.1, -0.05) is 18.9 Å². The van der Waals surface area contributed by atoms with Gasteiger partial charge in [0, 0.05) is 32.9 Å². The van der Waals surface area contributed by atoms with Crippen molar-refractivity contribution in [3.8, 4) is 0 Å². The van der Waals surface area contributed by atoms with Gasteiger partial charge in [-0.15, -0.1) is 0 Å². The number of pyridine rings is 1. The van der Waals surface area contributed by atoms with Gasteiger partial charge in [0.1, 0.15) is 5.82 Å². The highest BCUT2D eigenvalue weighted by Crippen LogP contribution is 2.17. The lowest BCUT2D eigenvalue weighted by Gasteiger charge is -2.21. The van der Waals surface area contributed by atoms with Crippen molar-refractivity contribution < 1.29 is 9.53 Å². The zero-order valence-electron chi connectivity index (χ0n) is 14.2. The van der Waals surface area contributed by atoms with Gasteiger partial charge in [-0.25, -0.2) is 9.78 Å². The average molecular weight is 320 g/mol. The molecule has 0 aromatic carbocycles. The van der Waals surface area contributed by atoms with E-state index in [1.165, 1.54) is 25.7 Å². The molecule has 1 aromatic rings. The summed E-state index contributed by atoms with van der Waals surface area (Å²) in [4.78, 5) is 18.6. The second-order valence-electron chi connectivity index (χ2n) is 6.11. The predicted octanol–water partition coefficient (Wildman–Crippen LogP) is 2.30. The fraction of sp³-hybridized carbons (Fsp3) is 0.647. The summed E-state index contributed by atoms with van der Waals surface area (Å²) in [5.74, 6) is 1.04. The summed E-state index contributed by atoms with van der Waals surface area (Å²) in [5.41, 5.74) is 0.998. The Hall–Kier alpha value is -1.82. The summed E-state index contributed by atoms with van der Waals surface area (Å²) in [6, 6.07) is 3.88. The van der Waals surface area contributed by atoms with E-state index in [9.17, 15) is 4.79 Å². The van der Waals surface area contributed by atoms with Gasteiger partial charge in [-0.05, 0) is 31.4 Å². The number of anilines is 1. The van der Waals surface area contributed by atoms with Crippen molar-refractivity contribution in [3.05, 3.63) is 23.9 Å². The molecule has 0 bridgehead atoms. The monoisotopic (exact) mass is 320 g/mol. The third-order valence-electron chi connectivity index (χ3n) is 3.99. The molecule has 0 aliphatic carbocycles. The first-order valence-corrected chi connectivity index (χ1v) is 8.42. The Morgan fingerprint density at radius 2 is 2.04 bits per heavy atom. The van der Waals surface area contributed by atoms with E-state index < -0.39 is 0 Å². The lowest BCUT2D eigenvalue weighted by Crippen LogP contribution is -2.42. The maximum atomic E-state index is 11.7. The minimum atomic E-state index is -0.189. The number of rotatable bonds is 6. The van der Waals surface area contributed by atoms with Crippen LogP contribution in [0.1, 0.15) is 38.2 Å². The molecule has 6 nitrogen and oxygen atoms in total. The van der Waals surface area contributed by atoms with Crippen LogP contribution in [0.5, 0.6) is 0 Å². The predicted molar refractivity (Wildman–Crippen MR) is 91.6 cm³/mol. The van der Waals surface area contributed by atoms with Gasteiger partial charge < -0.3 is 20.3 Å². The number of hydrogen-bond acceptors (Lipinski definition) is 4. The van der Waals surface area contributed by atoms with E-state index in [-0.39, 0.29) is 12.1 Å². The Labute approximate surface area is 138 Å². The zero-order chi connectivity index (χ0) is 16.5. The third kappa shape index (κ3) is 6.06. The van der Waals surface area contributed by atoms with Crippen molar-refractivity contribution in [3.63, 3.8) is 0 Å². The number of methoxy groups -OCH3 is 1. The molecule has 1 aromatic heterocycles. The summed E-state index contributed by atoms with van der Waals surface area (Å²) < 4.78 is 4.99. The first-order valence-electron chi connectivity index (χ1n) is 8.42. The molecule has 6 heteroatoms. The lowest BCUT2D eigenvalue weighted by molar-refractivity contribution is 0.171. The molecule has 0 radical (unpaired) electrons. The molecule has 23 heavy (non-hydrogen) atoms. The van der Waals surface area contributed by atoms with Crippen molar-refractivity contribution in [2.75, 3.05) is 31.7 Å². The normalized spacial score (nSPS) is 16.5. The SMILES string of the molecule is COC[C@H](C)NC(=O)NCc1ccc(N2CCCCCC2)nc1. The number of nitrogens with zero attached hydrogens (tertiary/aromatic N) is 2. The average Bonchev–Trinajstić information content (AvgIpc) is 2.83. The van der Waals surface area contributed by atoms with Crippen LogP contribution in [0.2, 0.25) is 0 Å². The van der Waals surface area contributed by atoms with Crippen molar-refractivity contribution >= 4 is 11.8 Å². The summed E-state index contributed by atoms with van der Waals surface area (Å²) in [5, 5.41) is 5.66. The van der Waals surface area contributed by atoms with Crippen molar-refractivity contribution in [2.45, 2.75) is 45.2 Å². The highest BCUT2D eigenvalue weighted by Gasteiger charge is 2.11. The number of aromatic nitrogens is 1. The number of carbonyl (C=O) groups excluding carboxylic acids is 1. The van der Waals surface area contributed by atoms with Crippen molar-refractivity contribution in [1.29, 1.82) is 0 Å². The highest BCUT2D eigenvalue weighted by molar-refractivity contribution is 5.74. The van der Waals surface area contributed by atoms with Crippen LogP contribution >= 0.6 is 0 Å². The number of ether oxygens (including phenoxy) is 1. The van der Waals surface area contributed by atoms with Crippen LogP contribution in [0.15, 0.2) is 18.3 Å². The number of amides is 2. The Kier molecular flexibility index (Phi) is 7.13. The van der Waals surface area contributed by atoms with Gasteiger partial charge in [0.2, 0.25) is 0 Å². The van der Waals surface area contributed by atoms with Crippen LogP contribution in [0, 0.1) is 0 Å². The molecule has 2 N–H and O–H groups in total. The first-order chi connectivity index (χ1) is 11.2. The Morgan fingerprint density at radius 3 is 2.65 bits per heavy atom. The third-order valence-corrected chi connectivity index (χ3v) is 3.99. The Bertz CT molecular complexity index is 470. The lowest BCUT2D eigenvalue weighted by atomic mass is 10.2. The summed E-state index contributed by atoms with van der Waals surface area (Å²) in [6.07, 6.45) is 6.96. The number of carbonyl (C=O) groups is 1. The van der Waals surface area contributed by atoms with Gasteiger partial charge in [-0.3, -0.25) is 0 Å². The molecule has 1 saturated heterocycles.